The SMILES string of the molecule is CC1CCCC1.COc1cccc(F)c1-c1nccc(C(=O)Nc2cc(F)c(N3CCC3)cc2N)n1. The summed E-state index contributed by atoms with van der Waals surface area (Å²) in [5, 5.41) is 2.55. The number of nitrogens with two attached hydrogens (primary N) is 1. The van der Waals surface area contributed by atoms with Gasteiger partial charge in [0.2, 0.25) is 0 Å². The van der Waals surface area contributed by atoms with Crippen LogP contribution in [0.3, 0.4) is 0 Å². The highest BCUT2D eigenvalue weighted by Crippen LogP contribution is 2.32. The first-order chi connectivity index (χ1) is 17.4. The van der Waals surface area contributed by atoms with Crippen molar-refractivity contribution in [2.45, 2.75) is 39.0 Å². The van der Waals surface area contributed by atoms with Gasteiger partial charge in [0.1, 0.15) is 23.1 Å². The predicted molar refractivity (Wildman–Crippen MR) is 137 cm³/mol. The van der Waals surface area contributed by atoms with Gasteiger partial charge >= 0.3 is 0 Å². The largest absolute Gasteiger partial charge is 0.496 e. The lowest BCUT2D eigenvalue weighted by Gasteiger charge is -2.33. The fourth-order valence-corrected chi connectivity index (χ4v) is 4.30. The third kappa shape index (κ3) is 5.72. The zero-order chi connectivity index (χ0) is 25.7. The normalized spacial score (nSPS) is 15.1. The molecule has 1 aromatic heterocycles. The quantitative estimate of drug-likeness (QED) is 0.443. The number of hydrogen-bond donors (Lipinski definition) is 2. The maximum atomic E-state index is 14.4. The van der Waals surface area contributed by atoms with Crippen LogP contribution in [0.15, 0.2) is 42.6 Å². The summed E-state index contributed by atoms with van der Waals surface area (Å²) >= 11 is 0. The molecule has 5 rings (SSSR count). The number of halogens is 2. The highest BCUT2D eigenvalue weighted by Gasteiger charge is 2.21. The van der Waals surface area contributed by atoms with Crippen LogP contribution in [0.25, 0.3) is 11.4 Å². The van der Waals surface area contributed by atoms with Crippen molar-refractivity contribution in [3.05, 3.63) is 59.9 Å². The van der Waals surface area contributed by atoms with E-state index in [9.17, 15) is 13.6 Å². The number of nitrogens with zero attached hydrogens (tertiary/aromatic N) is 3. The molecule has 0 spiro atoms. The van der Waals surface area contributed by atoms with Crippen LogP contribution in [0.4, 0.5) is 25.8 Å². The second kappa shape index (κ2) is 11.3. The van der Waals surface area contributed by atoms with Crippen LogP contribution >= 0.6 is 0 Å². The Morgan fingerprint density at radius 1 is 1.11 bits per heavy atom. The lowest BCUT2D eigenvalue weighted by atomic mass is 10.1. The first-order valence-electron chi connectivity index (χ1n) is 12.2. The summed E-state index contributed by atoms with van der Waals surface area (Å²) in [5.74, 6) is -0.412. The summed E-state index contributed by atoms with van der Waals surface area (Å²) in [7, 11) is 1.40. The maximum Gasteiger partial charge on any atom is 0.274 e. The highest BCUT2D eigenvalue weighted by molar-refractivity contribution is 6.04. The minimum atomic E-state index is -0.628. The van der Waals surface area contributed by atoms with Gasteiger partial charge in [0.05, 0.1) is 29.7 Å². The van der Waals surface area contributed by atoms with Gasteiger partial charge < -0.3 is 20.7 Å². The molecule has 190 valence electrons. The molecule has 1 saturated heterocycles. The molecule has 2 aromatic carbocycles. The molecular formula is C27H31F2N5O2. The zero-order valence-electron chi connectivity index (χ0n) is 20.6. The summed E-state index contributed by atoms with van der Waals surface area (Å²) in [4.78, 5) is 22.7. The molecule has 3 aromatic rings. The number of amides is 1. The minimum absolute atomic E-state index is 0.00937. The van der Waals surface area contributed by atoms with E-state index in [1.807, 2.05) is 4.90 Å². The first-order valence-corrected chi connectivity index (χ1v) is 12.2. The summed E-state index contributed by atoms with van der Waals surface area (Å²) in [5.41, 5.74) is 6.79. The van der Waals surface area contributed by atoms with E-state index in [-0.39, 0.29) is 34.2 Å². The second-order valence-corrected chi connectivity index (χ2v) is 9.16. The Kier molecular flexibility index (Phi) is 7.97. The van der Waals surface area contributed by atoms with Crippen molar-refractivity contribution in [3.8, 4) is 17.1 Å². The van der Waals surface area contributed by atoms with E-state index in [4.69, 9.17) is 10.5 Å². The first kappa shape index (κ1) is 25.3. The van der Waals surface area contributed by atoms with Gasteiger partial charge in [0.25, 0.3) is 5.91 Å². The molecule has 1 aliphatic heterocycles. The van der Waals surface area contributed by atoms with E-state index >= 15 is 0 Å². The van der Waals surface area contributed by atoms with Gasteiger partial charge in [-0.25, -0.2) is 18.7 Å². The molecule has 9 heteroatoms. The third-order valence-electron chi connectivity index (χ3n) is 6.51. The molecule has 0 atom stereocenters. The van der Waals surface area contributed by atoms with Gasteiger partial charge in [-0.15, -0.1) is 0 Å². The van der Waals surface area contributed by atoms with Gasteiger partial charge in [-0.3, -0.25) is 4.79 Å². The third-order valence-corrected chi connectivity index (χ3v) is 6.51. The van der Waals surface area contributed by atoms with Crippen LogP contribution in [0, 0.1) is 17.6 Å². The number of carbonyl (C=O) groups is 1. The number of rotatable bonds is 5. The molecule has 36 heavy (non-hydrogen) atoms. The fourth-order valence-electron chi connectivity index (χ4n) is 4.30. The Labute approximate surface area is 209 Å². The Morgan fingerprint density at radius 2 is 1.86 bits per heavy atom. The number of ether oxygens (including phenoxy) is 1. The summed E-state index contributed by atoms with van der Waals surface area (Å²) in [6, 6.07) is 8.36. The molecule has 1 aliphatic carbocycles. The van der Waals surface area contributed by atoms with Gasteiger partial charge in [0, 0.05) is 25.4 Å². The van der Waals surface area contributed by atoms with Crippen molar-refractivity contribution in [2.75, 3.05) is 36.1 Å². The van der Waals surface area contributed by atoms with E-state index in [0.29, 0.717) is 5.69 Å². The van der Waals surface area contributed by atoms with Crippen molar-refractivity contribution < 1.29 is 18.3 Å². The molecule has 1 amide bonds. The van der Waals surface area contributed by atoms with E-state index in [2.05, 4.69) is 22.2 Å². The van der Waals surface area contributed by atoms with Gasteiger partial charge in [0.15, 0.2) is 5.82 Å². The molecule has 1 saturated carbocycles. The lowest BCUT2D eigenvalue weighted by Crippen LogP contribution is -2.37. The molecule has 2 heterocycles. The van der Waals surface area contributed by atoms with Gasteiger partial charge in [-0.1, -0.05) is 38.7 Å². The number of benzene rings is 2. The number of methoxy groups -OCH3 is 1. The monoisotopic (exact) mass is 495 g/mol. The Morgan fingerprint density at radius 3 is 2.47 bits per heavy atom. The molecule has 0 bridgehead atoms. The van der Waals surface area contributed by atoms with Crippen LogP contribution in [0.5, 0.6) is 5.75 Å². The predicted octanol–water partition coefficient (Wildman–Crippen LogP) is 5.67. The number of nitrogen functional groups attached to an aromatic ring is 1. The number of aromatic nitrogens is 2. The average Bonchev–Trinajstić information content (AvgIpc) is 3.32. The van der Waals surface area contributed by atoms with Crippen LogP contribution in [0.2, 0.25) is 0 Å². The van der Waals surface area contributed by atoms with Crippen LogP contribution in [-0.2, 0) is 0 Å². The number of carbonyl (C=O) groups excluding carboxylic acids is 1. The molecule has 2 aliphatic rings. The Hall–Kier alpha value is -3.75. The lowest BCUT2D eigenvalue weighted by molar-refractivity contribution is 0.102. The fraction of sp³-hybridized carbons (Fsp3) is 0.370. The second-order valence-electron chi connectivity index (χ2n) is 9.16. The molecule has 7 nitrogen and oxygen atoms in total. The summed E-state index contributed by atoms with van der Waals surface area (Å²) < 4.78 is 33.9. The summed E-state index contributed by atoms with van der Waals surface area (Å²) in [6.45, 7) is 3.88. The van der Waals surface area contributed by atoms with E-state index in [1.165, 1.54) is 69.3 Å². The molecule has 0 radical (unpaired) electrons. The van der Waals surface area contributed by atoms with E-state index in [1.54, 1.807) is 6.07 Å². The van der Waals surface area contributed by atoms with Crippen molar-refractivity contribution in [1.29, 1.82) is 0 Å². The molecule has 2 fully saturated rings. The average molecular weight is 496 g/mol. The van der Waals surface area contributed by atoms with Gasteiger partial charge in [-0.05, 0) is 36.6 Å². The van der Waals surface area contributed by atoms with Crippen molar-refractivity contribution in [3.63, 3.8) is 0 Å². The minimum Gasteiger partial charge on any atom is -0.496 e. The van der Waals surface area contributed by atoms with Crippen molar-refractivity contribution in [2.24, 2.45) is 5.92 Å². The Balaban J connectivity index is 0.000000445. The van der Waals surface area contributed by atoms with E-state index < -0.39 is 17.5 Å². The van der Waals surface area contributed by atoms with Crippen LogP contribution < -0.4 is 20.7 Å². The zero-order valence-corrected chi connectivity index (χ0v) is 20.6. The number of anilines is 3. The topological polar surface area (TPSA) is 93.4 Å². The number of hydrogen-bond acceptors (Lipinski definition) is 6. The molecular weight excluding hydrogens is 464 g/mol. The van der Waals surface area contributed by atoms with Crippen LogP contribution in [0.1, 0.15) is 49.5 Å². The molecule has 3 N–H and O–H groups in total. The highest BCUT2D eigenvalue weighted by atomic mass is 19.1. The maximum absolute atomic E-state index is 14.4. The molecule has 0 unspecified atom stereocenters. The number of nitrogens with one attached hydrogen (secondary N) is 1. The summed E-state index contributed by atoms with van der Waals surface area (Å²) in [6.07, 6.45) is 8.28. The van der Waals surface area contributed by atoms with E-state index in [0.717, 1.165) is 25.4 Å². The van der Waals surface area contributed by atoms with Crippen LogP contribution in [-0.4, -0.2) is 36.1 Å². The standard InChI is InChI=1S/C21H19F2N5O2.C6H12/c1-30-18-5-2-4-12(22)19(18)20-25-7-6-15(26-20)21(29)27-16-10-13(23)17(11-14(16)24)28-8-3-9-28;1-6-4-2-3-5-6/h2,4-7,10-11H,3,8-9,24H2,1H3,(H,27,29);6H,2-5H2,1H3. The van der Waals surface area contributed by atoms with Crippen molar-refractivity contribution >= 4 is 23.0 Å². The smallest absolute Gasteiger partial charge is 0.274 e. The Bertz CT molecular complexity index is 1230. The van der Waals surface area contributed by atoms with Gasteiger partial charge in [-0.2, -0.15) is 0 Å². The van der Waals surface area contributed by atoms with Crippen molar-refractivity contribution in [1.82, 2.24) is 9.97 Å².